The predicted molar refractivity (Wildman–Crippen MR) is 134 cm³/mol. The Morgan fingerprint density at radius 2 is 1.91 bits per heavy atom. The van der Waals surface area contributed by atoms with Crippen molar-refractivity contribution in [2.45, 2.75) is 25.9 Å². The summed E-state index contributed by atoms with van der Waals surface area (Å²) in [6.45, 7) is 6.02. The lowest BCUT2D eigenvalue weighted by molar-refractivity contribution is 0.168. The van der Waals surface area contributed by atoms with Crippen LogP contribution >= 0.6 is 11.6 Å². The number of pyridine rings is 1. The van der Waals surface area contributed by atoms with E-state index in [1.807, 2.05) is 48.2 Å². The van der Waals surface area contributed by atoms with E-state index in [4.69, 9.17) is 11.6 Å². The summed E-state index contributed by atoms with van der Waals surface area (Å²) in [7, 11) is 0. The number of halogens is 1. The number of hydrogen-bond acceptors (Lipinski definition) is 5. The van der Waals surface area contributed by atoms with Gasteiger partial charge in [0.25, 0.3) is 0 Å². The summed E-state index contributed by atoms with van der Waals surface area (Å²) in [5, 5.41) is 4.76. The molecule has 1 aliphatic rings. The van der Waals surface area contributed by atoms with Gasteiger partial charge in [-0.05, 0) is 49.7 Å². The average molecular weight is 476 g/mol. The number of nitrogens with one attached hydrogen (secondary N) is 2. The van der Waals surface area contributed by atoms with Gasteiger partial charge in [-0.1, -0.05) is 23.7 Å². The van der Waals surface area contributed by atoms with Crippen LogP contribution in [-0.4, -0.2) is 56.5 Å². The maximum absolute atomic E-state index is 13.0. The number of amides is 2. The first-order valence-corrected chi connectivity index (χ1v) is 11.7. The second kappa shape index (κ2) is 9.30. The zero-order valence-electron chi connectivity index (χ0n) is 19.1. The molecule has 1 aromatic carbocycles. The highest BCUT2D eigenvalue weighted by atomic mass is 35.5. The number of urea groups is 1. The number of carbonyl (C=O) groups excluding carboxylic acids is 1. The van der Waals surface area contributed by atoms with Gasteiger partial charge in [0.1, 0.15) is 17.8 Å². The third-order valence-electron chi connectivity index (χ3n) is 6.29. The monoisotopic (exact) mass is 475 g/mol. The molecule has 1 fully saturated rings. The maximum Gasteiger partial charge on any atom is 0.318 e. The summed E-state index contributed by atoms with van der Waals surface area (Å²) in [6.07, 6.45) is 5.13. The predicted octanol–water partition coefficient (Wildman–Crippen LogP) is 4.65. The number of piperazine rings is 1. The minimum Gasteiger partial charge on any atom is -0.352 e. The van der Waals surface area contributed by atoms with Crippen molar-refractivity contribution in [1.29, 1.82) is 0 Å². The highest BCUT2D eigenvalue weighted by Crippen LogP contribution is 2.29. The van der Waals surface area contributed by atoms with Crippen LogP contribution in [0.4, 0.5) is 10.6 Å². The molecule has 0 unspecified atom stereocenters. The smallest absolute Gasteiger partial charge is 0.318 e. The first-order valence-electron chi connectivity index (χ1n) is 11.3. The molecular weight excluding hydrogens is 450 g/mol. The van der Waals surface area contributed by atoms with Gasteiger partial charge >= 0.3 is 6.03 Å². The summed E-state index contributed by atoms with van der Waals surface area (Å²) < 4.78 is 0. The van der Waals surface area contributed by atoms with E-state index in [0.29, 0.717) is 24.7 Å². The molecular formula is C25H26ClN7O. The number of carbonyl (C=O) groups is 1. The van der Waals surface area contributed by atoms with Gasteiger partial charge in [-0.15, -0.1) is 0 Å². The van der Waals surface area contributed by atoms with Crippen molar-refractivity contribution in [3.8, 4) is 11.3 Å². The van der Waals surface area contributed by atoms with E-state index >= 15 is 0 Å². The molecule has 0 bridgehead atoms. The number of fused-ring (bicyclic) bond motifs is 1. The topological polar surface area (TPSA) is 90.0 Å². The lowest BCUT2D eigenvalue weighted by Crippen LogP contribution is -2.57. The Morgan fingerprint density at radius 1 is 1.15 bits per heavy atom. The molecule has 0 aliphatic carbocycles. The largest absolute Gasteiger partial charge is 0.352 e. The van der Waals surface area contributed by atoms with Crippen molar-refractivity contribution in [2.75, 3.05) is 24.5 Å². The van der Waals surface area contributed by atoms with E-state index in [9.17, 15) is 4.79 Å². The second-order valence-corrected chi connectivity index (χ2v) is 9.03. The summed E-state index contributed by atoms with van der Waals surface area (Å²) >= 11 is 5.98. The van der Waals surface area contributed by atoms with Gasteiger partial charge in [0, 0.05) is 54.3 Å². The van der Waals surface area contributed by atoms with E-state index in [1.165, 1.54) is 0 Å². The Balaban J connectivity index is 1.29. The number of aromatic nitrogens is 4. The van der Waals surface area contributed by atoms with Crippen molar-refractivity contribution in [2.24, 2.45) is 0 Å². The van der Waals surface area contributed by atoms with Crippen molar-refractivity contribution in [3.63, 3.8) is 0 Å². The van der Waals surface area contributed by atoms with Crippen LogP contribution in [0.25, 0.3) is 22.3 Å². The van der Waals surface area contributed by atoms with Crippen LogP contribution in [0.2, 0.25) is 5.02 Å². The lowest BCUT2D eigenvalue weighted by atomic mass is 10.1. The molecule has 4 heterocycles. The number of benzene rings is 1. The van der Waals surface area contributed by atoms with Crippen LogP contribution in [0.15, 0.2) is 61.2 Å². The lowest BCUT2D eigenvalue weighted by Gasteiger charge is -2.40. The van der Waals surface area contributed by atoms with Gasteiger partial charge in [0.2, 0.25) is 0 Å². The molecule has 2 atom stereocenters. The fourth-order valence-electron chi connectivity index (χ4n) is 4.42. The third kappa shape index (κ3) is 4.41. The number of nitrogens with zero attached hydrogens (tertiary/aromatic N) is 5. The highest BCUT2D eigenvalue weighted by Gasteiger charge is 2.30. The normalized spacial score (nSPS) is 17.1. The number of aromatic amines is 1. The fourth-order valence-corrected chi connectivity index (χ4v) is 4.55. The van der Waals surface area contributed by atoms with Crippen molar-refractivity contribution >= 4 is 34.5 Å². The summed E-state index contributed by atoms with van der Waals surface area (Å²) in [4.78, 5) is 33.6. The molecule has 0 saturated carbocycles. The van der Waals surface area contributed by atoms with E-state index in [-0.39, 0.29) is 18.1 Å². The van der Waals surface area contributed by atoms with E-state index in [1.54, 1.807) is 18.7 Å². The molecule has 1 saturated heterocycles. The molecule has 2 amide bonds. The third-order valence-corrected chi connectivity index (χ3v) is 6.55. The molecule has 5 rings (SSSR count). The molecule has 4 aromatic rings. The number of anilines is 1. The van der Waals surface area contributed by atoms with Crippen LogP contribution < -0.4 is 10.2 Å². The van der Waals surface area contributed by atoms with Gasteiger partial charge in [0.05, 0.1) is 11.4 Å². The first kappa shape index (κ1) is 22.2. The molecule has 3 aromatic heterocycles. The summed E-state index contributed by atoms with van der Waals surface area (Å²) in [5.74, 6) is 0.878. The van der Waals surface area contributed by atoms with Gasteiger partial charge in [-0.3, -0.25) is 4.98 Å². The Kier molecular flexibility index (Phi) is 6.06. The van der Waals surface area contributed by atoms with Crippen molar-refractivity contribution < 1.29 is 4.79 Å². The number of rotatable bonds is 4. The Morgan fingerprint density at radius 3 is 2.65 bits per heavy atom. The van der Waals surface area contributed by atoms with E-state index in [0.717, 1.165) is 33.7 Å². The molecule has 9 heteroatoms. The summed E-state index contributed by atoms with van der Waals surface area (Å²) in [5.41, 5.74) is 3.83. The van der Waals surface area contributed by atoms with E-state index < -0.39 is 0 Å². The Bertz CT molecular complexity index is 1290. The van der Waals surface area contributed by atoms with Gasteiger partial charge in [-0.2, -0.15) is 0 Å². The maximum atomic E-state index is 13.0. The second-order valence-electron chi connectivity index (χ2n) is 8.59. The SMILES string of the molecule is C[C@H](NC(=O)N1CCN(c2ncnc3[nH]c(-c4ccncc4)cc23)C[C@H]1C)c1ccc(Cl)cc1. The van der Waals surface area contributed by atoms with Crippen LogP contribution in [0.1, 0.15) is 25.5 Å². The van der Waals surface area contributed by atoms with E-state index in [2.05, 4.69) is 43.1 Å². The van der Waals surface area contributed by atoms with Crippen LogP contribution in [0.5, 0.6) is 0 Å². The van der Waals surface area contributed by atoms with Crippen molar-refractivity contribution in [1.82, 2.24) is 30.2 Å². The van der Waals surface area contributed by atoms with Crippen LogP contribution in [0, 0.1) is 0 Å². The Labute approximate surface area is 203 Å². The van der Waals surface area contributed by atoms with Crippen molar-refractivity contribution in [3.05, 3.63) is 71.8 Å². The first-order chi connectivity index (χ1) is 16.5. The molecule has 8 nitrogen and oxygen atoms in total. The highest BCUT2D eigenvalue weighted by molar-refractivity contribution is 6.30. The zero-order valence-corrected chi connectivity index (χ0v) is 19.8. The van der Waals surface area contributed by atoms with Gasteiger partial charge in [0.15, 0.2) is 0 Å². The molecule has 0 spiro atoms. The number of H-pyrrole nitrogens is 1. The van der Waals surface area contributed by atoms with Gasteiger partial charge in [-0.25, -0.2) is 14.8 Å². The van der Waals surface area contributed by atoms with Crippen LogP contribution in [0.3, 0.4) is 0 Å². The molecule has 2 N–H and O–H groups in total. The molecule has 34 heavy (non-hydrogen) atoms. The Hall–Kier alpha value is -3.65. The quantitative estimate of drug-likeness (QED) is 0.448. The molecule has 174 valence electrons. The minimum atomic E-state index is -0.108. The minimum absolute atomic E-state index is 0.0230. The fraction of sp³-hybridized carbons (Fsp3) is 0.280. The standard InChI is InChI=1S/C25H26ClN7O/c1-16-14-32(11-12-33(16)25(34)30-17(2)18-3-5-20(26)6-4-18)24-21-13-22(19-7-9-27-10-8-19)31-23(21)28-15-29-24/h3-10,13,15-17H,11-12,14H2,1-2H3,(H,30,34)(H,28,29,31)/t16-,17+/m1/s1. The van der Waals surface area contributed by atoms with Gasteiger partial charge < -0.3 is 20.1 Å². The average Bonchev–Trinajstić information content (AvgIpc) is 3.29. The molecule has 0 radical (unpaired) electrons. The van der Waals surface area contributed by atoms with Crippen LogP contribution in [-0.2, 0) is 0 Å². The molecule has 1 aliphatic heterocycles. The zero-order chi connectivity index (χ0) is 23.7. The number of hydrogen-bond donors (Lipinski definition) is 2. The summed E-state index contributed by atoms with van der Waals surface area (Å²) in [6, 6.07) is 13.4.